The molecular formula is C15H25NO3. The van der Waals surface area contributed by atoms with E-state index in [-0.39, 0.29) is 11.9 Å². The van der Waals surface area contributed by atoms with Crippen LogP contribution in [0.2, 0.25) is 0 Å². The van der Waals surface area contributed by atoms with Gasteiger partial charge < -0.3 is 10.1 Å². The fourth-order valence-electron chi connectivity index (χ4n) is 3.28. The largest absolute Gasteiger partial charge is 0.468 e. The van der Waals surface area contributed by atoms with Crippen molar-refractivity contribution in [3.8, 4) is 0 Å². The maximum atomic E-state index is 12.2. The van der Waals surface area contributed by atoms with E-state index in [4.69, 9.17) is 4.74 Å². The van der Waals surface area contributed by atoms with Gasteiger partial charge in [-0.3, -0.25) is 9.59 Å². The van der Waals surface area contributed by atoms with Crippen molar-refractivity contribution in [2.75, 3.05) is 13.7 Å². The van der Waals surface area contributed by atoms with Gasteiger partial charge in [0.25, 0.3) is 0 Å². The van der Waals surface area contributed by atoms with Gasteiger partial charge in [-0.05, 0) is 25.2 Å². The van der Waals surface area contributed by atoms with Crippen LogP contribution in [0.4, 0.5) is 0 Å². The zero-order chi connectivity index (χ0) is 13.7. The zero-order valence-electron chi connectivity index (χ0n) is 11.9. The summed E-state index contributed by atoms with van der Waals surface area (Å²) in [4.78, 5) is 23.9. The Labute approximate surface area is 115 Å². The maximum Gasteiger partial charge on any atom is 0.321 e. The Kier molecular flexibility index (Phi) is 4.83. The topological polar surface area (TPSA) is 55.4 Å². The monoisotopic (exact) mass is 267 g/mol. The van der Waals surface area contributed by atoms with E-state index in [0.29, 0.717) is 19.4 Å². The summed E-state index contributed by atoms with van der Waals surface area (Å²) in [6.07, 6.45) is 9.83. The minimum absolute atomic E-state index is 0.124. The van der Waals surface area contributed by atoms with E-state index < -0.39 is 5.41 Å². The first-order chi connectivity index (χ1) is 9.19. The fourth-order valence-corrected chi connectivity index (χ4v) is 3.28. The summed E-state index contributed by atoms with van der Waals surface area (Å²) in [6, 6.07) is 0. The molecule has 0 atom stereocenters. The molecule has 2 fully saturated rings. The maximum absolute atomic E-state index is 12.2. The van der Waals surface area contributed by atoms with Gasteiger partial charge >= 0.3 is 5.97 Å². The molecule has 0 bridgehead atoms. The molecule has 0 aromatic rings. The average Bonchev–Trinajstić information content (AvgIpc) is 2.38. The Morgan fingerprint density at radius 3 is 2.37 bits per heavy atom. The van der Waals surface area contributed by atoms with E-state index in [0.717, 1.165) is 18.8 Å². The number of hydrogen-bond donors (Lipinski definition) is 1. The van der Waals surface area contributed by atoms with Crippen LogP contribution >= 0.6 is 0 Å². The summed E-state index contributed by atoms with van der Waals surface area (Å²) in [5.41, 5.74) is -0.874. The molecular weight excluding hydrogens is 242 g/mol. The molecule has 0 spiro atoms. The van der Waals surface area contributed by atoms with Gasteiger partial charge in [0.05, 0.1) is 7.11 Å². The van der Waals surface area contributed by atoms with Gasteiger partial charge in [0, 0.05) is 6.54 Å². The lowest BCUT2D eigenvalue weighted by atomic mass is 9.68. The van der Waals surface area contributed by atoms with Gasteiger partial charge in [0.1, 0.15) is 5.41 Å². The van der Waals surface area contributed by atoms with Crippen LogP contribution in [0, 0.1) is 11.3 Å². The lowest BCUT2D eigenvalue weighted by molar-refractivity contribution is -0.165. The summed E-state index contributed by atoms with van der Waals surface area (Å²) in [5, 5.41) is 2.95. The quantitative estimate of drug-likeness (QED) is 0.615. The molecule has 108 valence electrons. The molecule has 0 saturated heterocycles. The summed E-state index contributed by atoms with van der Waals surface area (Å²) in [5.74, 6) is 0.264. The average molecular weight is 267 g/mol. The van der Waals surface area contributed by atoms with E-state index in [2.05, 4.69) is 5.32 Å². The Hall–Kier alpha value is -1.06. The number of amides is 1. The highest BCUT2D eigenvalue weighted by Crippen LogP contribution is 2.42. The van der Waals surface area contributed by atoms with E-state index in [1.165, 1.54) is 39.2 Å². The zero-order valence-corrected chi connectivity index (χ0v) is 11.9. The predicted molar refractivity (Wildman–Crippen MR) is 72.5 cm³/mol. The molecule has 0 aliphatic heterocycles. The molecule has 2 aliphatic rings. The van der Waals surface area contributed by atoms with Crippen LogP contribution in [0.3, 0.4) is 0 Å². The van der Waals surface area contributed by atoms with Crippen molar-refractivity contribution in [2.24, 2.45) is 11.3 Å². The molecule has 2 saturated carbocycles. The van der Waals surface area contributed by atoms with Crippen LogP contribution in [-0.2, 0) is 14.3 Å². The van der Waals surface area contributed by atoms with Crippen LogP contribution in [0.5, 0.6) is 0 Å². The van der Waals surface area contributed by atoms with Crippen molar-refractivity contribution in [3.63, 3.8) is 0 Å². The second-order valence-electron chi connectivity index (χ2n) is 5.98. The van der Waals surface area contributed by atoms with Crippen molar-refractivity contribution in [3.05, 3.63) is 0 Å². The molecule has 0 heterocycles. The normalized spacial score (nSPS) is 22.4. The Morgan fingerprint density at radius 1 is 1.16 bits per heavy atom. The van der Waals surface area contributed by atoms with Gasteiger partial charge in [-0.15, -0.1) is 0 Å². The van der Waals surface area contributed by atoms with Crippen molar-refractivity contribution >= 4 is 11.9 Å². The van der Waals surface area contributed by atoms with Crippen molar-refractivity contribution in [1.29, 1.82) is 0 Å². The van der Waals surface area contributed by atoms with Crippen molar-refractivity contribution in [2.45, 2.75) is 57.8 Å². The van der Waals surface area contributed by atoms with Gasteiger partial charge in [0.2, 0.25) is 5.91 Å². The van der Waals surface area contributed by atoms with E-state index in [1.54, 1.807) is 0 Å². The van der Waals surface area contributed by atoms with Crippen LogP contribution < -0.4 is 5.32 Å². The number of hydrogen-bond acceptors (Lipinski definition) is 3. The molecule has 0 aromatic carbocycles. The standard InChI is InChI=1S/C15H25NO3/c1-19-14(18)15(9-5-10-15)13(17)16-11-8-12-6-3-2-4-7-12/h12H,2-11H2,1H3,(H,16,17). The van der Waals surface area contributed by atoms with Gasteiger partial charge in [-0.25, -0.2) is 0 Å². The van der Waals surface area contributed by atoms with Crippen LogP contribution in [0.1, 0.15) is 57.8 Å². The summed E-state index contributed by atoms with van der Waals surface area (Å²) in [6.45, 7) is 0.697. The molecule has 1 N–H and O–H groups in total. The van der Waals surface area contributed by atoms with E-state index in [9.17, 15) is 9.59 Å². The van der Waals surface area contributed by atoms with Gasteiger partial charge in [-0.1, -0.05) is 38.5 Å². The van der Waals surface area contributed by atoms with Crippen LogP contribution in [0.15, 0.2) is 0 Å². The smallest absolute Gasteiger partial charge is 0.321 e. The molecule has 0 unspecified atom stereocenters. The second-order valence-corrected chi connectivity index (χ2v) is 5.98. The van der Waals surface area contributed by atoms with E-state index >= 15 is 0 Å². The highest BCUT2D eigenvalue weighted by Gasteiger charge is 2.51. The molecule has 19 heavy (non-hydrogen) atoms. The number of rotatable bonds is 5. The molecule has 2 rings (SSSR count). The number of esters is 1. The fraction of sp³-hybridized carbons (Fsp3) is 0.867. The number of ether oxygens (including phenoxy) is 1. The van der Waals surface area contributed by atoms with Gasteiger partial charge in [0.15, 0.2) is 0 Å². The minimum atomic E-state index is -0.874. The van der Waals surface area contributed by atoms with Gasteiger partial charge in [-0.2, -0.15) is 0 Å². The summed E-state index contributed by atoms with van der Waals surface area (Å²) >= 11 is 0. The first-order valence-electron chi connectivity index (χ1n) is 7.56. The third-order valence-electron chi connectivity index (χ3n) is 4.78. The Bertz CT molecular complexity index is 330. The molecule has 0 aromatic heterocycles. The van der Waals surface area contributed by atoms with Crippen molar-refractivity contribution in [1.82, 2.24) is 5.32 Å². The Balaban J connectivity index is 1.75. The lowest BCUT2D eigenvalue weighted by Gasteiger charge is -2.37. The molecule has 4 nitrogen and oxygen atoms in total. The van der Waals surface area contributed by atoms with Crippen LogP contribution in [0.25, 0.3) is 0 Å². The summed E-state index contributed by atoms with van der Waals surface area (Å²) < 4.78 is 4.78. The number of carbonyl (C=O) groups is 2. The van der Waals surface area contributed by atoms with Crippen LogP contribution in [-0.4, -0.2) is 25.5 Å². The summed E-state index contributed by atoms with van der Waals surface area (Å²) in [7, 11) is 1.36. The third kappa shape index (κ3) is 3.10. The first-order valence-corrected chi connectivity index (χ1v) is 7.56. The highest BCUT2D eigenvalue weighted by molar-refractivity contribution is 6.03. The molecule has 4 heteroatoms. The lowest BCUT2D eigenvalue weighted by Crippen LogP contribution is -2.51. The minimum Gasteiger partial charge on any atom is -0.468 e. The molecule has 0 radical (unpaired) electrons. The Morgan fingerprint density at radius 2 is 1.84 bits per heavy atom. The first kappa shape index (κ1) is 14.4. The number of carbonyl (C=O) groups excluding carboxylic acids is 2. The van der Waals surface area contributed by atoms with E-state index in [1.807, 2.05) is 0 Å². The predicted octanol–water partition coefficient (Wildman–Crippen LogP) is 2.42. The SMILES string of the molecule is COC(=O)C1(C(=O)NCCC2CCCCC2)CCC1. The third-order valence-corrected chi connectivity index (χ3v) is 4.78. The molecule has 2 aliphatic carbocycles. The molecule has 1 amide bonds. The van der Waals surface area contributed by atoms with Crippen molar-refractivity contribution < 1.29 is 14.3 Å². The second kappa shape index (κ2) is 6.40. The number of nitrogens with one attached hydrogen (secondary N) is 1. The highest BCUT2D eigenvalue weighted by atomic mass is 16.5. The number of methoxy groups -OCH3 is 1.